The van der Waals surface area contributed by atoms with Gasteiger partial charge in [0.1, 0.15) is 0 Å². The van der Waals surface area contributed by atoms with Crippen LogP contribution in [0.3, 0.4) is 0 Å². The molecule has 0 amide bonds. The van der Waals surface area contributed by atoms with Gasteiger partial charge in [0.05, 0.1) is 0 Å². The zero-order chi connectivity index (χ0) is 10.6. The Morgan fingerprint density at radius 2 is 2.07 bits per heavy atom. The van der Waals surface area contributed by atoms with Crippen molar-refractivity contribution in [3.63, 3.8) is 0 Å². The Hall–Kier alpha value is -0.830. The molecule has 0 aliphatic rings. The Bertz CT molecular complexity index is 306. The van der Waals surface area contributed by atoms with Crippen LogP contribution in [0.4, 0.5) is 0 Å². The van der Waals surface area contributed by atoms with Crippen molar-refractivity contribution < 1.29 is 0 Å². The van der Waals surface area contributed by atoms with Crippen LogP contribution in [-0.4, -0.2) is 0 Å². The number of nitrogens with two attached hydrogens (primary N) is 1. The Morgan fingerprint density at radius 3 is 2.50 bits per heavy atom. The Morgan fingerprint density at radius 1 is 1.50 bits per heavy atom. The lowest BCUT2D eigenvalue weighted by Crippen LogP contribution is -2.28. The molecule has 1 rings (SSSR count). The summed E-state index contributed by atoms with van der Waals surface area (Å²) in [5, 5.41) is 0.736. The standard InChI is InChI=1S/C11H15ClN2/c1-8(2)7-11(14-13)9-3-5-10(12)6-4-9/h3-6,11,14H,1,7,13H2,2H3. The third kappa shape index (κ3) is 3.14. The first kappa shape index (κ1) is 11.2. The second kappa shape index (κ2) is 5.15. The number of nitrogens with one attached hydrogen (secondary N) is 1. The maximum absolute atomic E-state index is 5.80. The van der Waals surface area contributed by atoms with E-state index in [9.17, 15) is 0 Å². The molecule has 0 fully saturated rings. The van der Waals surface area contributed by atoms with Gasteiger partial charge in [-0.3, -0.25) is 11.3 Å². The summed E-state index contributed by atoms with van der Waals surface area (Å²) < 4.78 is 0. The first-order valence-corrected chi connectivity index (χ1v) is 4.87. The van der Waals surface area contributed by atoms with Gasteiger partial charge in [-0.2, -0.15) is 0 Å². The summed E-state index contributed by atoms with van der Waals surface area (Å²) in [6.45, 7) is 5.85. The lowest BCUT2D eigenvalue weighted by molar-refractivity contribution is 0.550. The van der Waals surface area contributed by atoms with Gasteiger partial charge in [0.2, 0.25) is 0 Å². The summed E-state index contributed by atoms with van der Waals surface area (Å²) in [4.78, 5) is 0. The van der Waals surface area contributed by atoms with E-state index in [0.717, 1.165) is 22.6 Å². The van der Waals surface area contributed by atoms with Gasteiger partial charge in [-0.1, -0.05) is 29.3 Å². The number of hydrogen-bond acceptors (Lipinski definition) is 2. The molecule has 0 saturated heterocycles. The minimum absolute atomic E-state index is 0.116. The number of hydrazine groups is 1. The lowest BCUT2D eigenvalue weighted by Gasteiger charge is -2.16. The largest absolute Gasteiger partial charge is 0.271 e. The quantitative estimate of drug-likeness (QED) is 0.456. The van der Waals surface area contributed by atoms with E-state index >= 15 is 0 Å². The summed E-state index contributed by atoms with van der Waals surface area (Å²) in [5.41, 5.74) is 4.99. The van der Waals surface area contributed by atoms with Crippen molar-refractivity contribution in [2.45, 2.75) is 19.4 Å². The van der Waals surface area contributed by atoms with Gasteiger partial charge in [0, 0.05) is 11.1 Å². The van der Waals surface area contributed by atoms with Gasteiger partial charge in [0.25, 0.3) is 0 Å². The Kier molecular flexibility index (Phi) is 4.14. The molecule has 0 aliphatic carbocycles. The third-order valence-electron chi connectivity index (χ3n) is 2.03. The molecule has 76 valence electrons. The zero-order valence-corrected chi connectivity index (χ0v) is 9.01. The van der Waals surface area contributed by atoms with Crippen LogP contribution in [0.2, 0.25) is 5.02 Å². The van der Waals surface area contributed by atoms with Crippen LogP contribution < -0.4 is 11.3 Å². The summed E-state index contributed by atoms with van der Waals surface area (Å²) in [6, 6.07) is 7.77. The molecule has 2 nitrogen and oxygen atoms in total. The normalized spacial score (nSPS) is 12.5. The average molecular weight is 211 g/mol. The highest BCUT2D eigenvalue weighted by atomic mass is 35.5. The van der Waals surface area contributed by atoms with E-state index in [0.29, 0.717) is 0 Å². The topological polar surface area (TPSA) is 38.0 Å². The van der Waals surface area contributed by atoms with Crippen molar-refractivity contribution in [2.24, 2.45) is 5.84 Å². The van der Waals surface area contributed by atoms with Crippen LogP contribution in [0.15, 0.2) is 36.4 Å². The van der Waals surface area contributed by atoms with Gasteiger partial charge < -0.3 is 0 Å². The lowest BCUT2D eigenvalue weighted by atomic mass is 10.0. The maximum atomic E-state index is 5.80. The van der Waals surface area contributed by atoms with Crippen molar-refractivity contribution in [1.82, 2.24) is 5.43 Å². The van der Waals surface area contributed by atoms with Gasteiger partial charge in [-0.25, -0.2) is 0 Å². The predicted molar refractivity (Wildman–Crippen MR) is 60.9 cm³/mol. The Labute approximate surface area is 89.7 Å². The van der Waals surface area contributed by atoms with E-state index in [-0.39, 0.29) is 6.04 Å². The fourth-order valence-electron chi connectivity index (χ4n) is 1.32. The van der Waals surface area contributed by atoms with Crippen molar-refractivity contribution >= 4 is 11.6 Å². The smallest absolute Gasteiger partial charge is 0.0496 e. The van der Waals surface area contributed by atoms with Crippen molar-refractivity contribution in [3.8, 4) is 0 Å². The van der Waals surface area contributed by atoms with Gasteiger partial charge in [0.15, 0.2) is 0 Å². The SMILES string of the molecule is C=C(C)CC(NN)c1ccc(Cl)cc1. The van der Waals surface area contributed by atoms with Crippen LogP contribution in [0.1, 0.15) is 24.9 Å². The molecule has 3 heteroatoms. The number of benzene rings is 1. The highest BCUT2D eigenvalue weighted by molar-refractivity contribution is 6.30. The molecule has 1 atom stereocenters. The maximum Gasteiger partial charge on any atom is 0.0496 e. The zero-order valence-electron chi connectivity index (χ0n) is 8.26. The molecule has 0 aromatic heterocycles. The second-order valence-electron chi connectivity index (χ2n) is 3.43. The number of halogens is 1. The molecule has 0 heterocycles. The van der Waals surface area contributed by atoms with E-state index in [4.69, 9.17) is 17.4 Å². The van der Waals surface area contributed by atoms with Crippen LogP contribution in [0, 0.1) is 0 Å². The Balaban J connectivity index is 2.78. The number of rotatable bonds is 4. The monoisotopic (exact) mass is 210 g/mol. The molecule has 1 aromatic rings. The van der Waals surface area contributed by atoms with Crippen LogP contribution in [-0.2, 0) is 0 Å². The summed E-state index contributed by atoms with van der Waals surface area (Å²) in [7, 11) is 0. The molecule has 14 heavy (non-hydrogen) atoms. The summed E-state index contributed by atoms with van der Waals surface area (Å²) in [5.74, 6) is 5.47. The van der Waals surface area contributed by atoms with Gasteiger partial charge in [-0.05, 0) is 31.0 Å². The third-order valence-corrected chi connectivity index (χ3v) is 2.28. The molecule has 1 unspecified atom stereocenters. The fraction of sp³-hybridized carbons (Fsp3) is 0.273. The minimum atomic E-state index is 0.116. The molecule has 0 bridgehead atoms. The van der Waals surface area contributed by atoms with Crippen LogP contribution in [0.25, 0.3) is 0 Å². The molecule has 0 radical (unpaired) electrons. The average Bonchev–Trinajstić information content (AvgIpc) is 2.15. The van der Waals surface area contributed by atoms with Crippen LogP contribution >= 0.6 is 11.6 Å². The molecular weight excluding hydrogens is 196 g/mol. The number of hydrogen-bond donors (Lipinski definition) is 2. The van der Waals surface area contributed by atoms with Crippen molar-refractivity contribution in [2.75, 3.05) is 0 Å². The summed E-state index contributed by atoms with van der Waals surface area (Å²) in [6.07, 6.45) is 0.831. The van der Waals surface area contributed by atoms with Crippen molar-refractivity contribution in [1.29, 1.82) is 0 Å². The first-order chi connectivity index (χ1) is 6.63. The van der Waals surface area contributed by atoms with Crippen molar-refractivity contribution in [3.05, 3.63) is 47.0 Å². The molecule has 0 saturated carbocycles. The first-order valence-electron chi connectivity index (χ1n) is 4.49. The van der Waals surface area contributed by atoms with E-state index in [1.165, 1.54) is 0 Å². The van der Waals surface area contributed by atoms with E-state index in [2.05, 4.69) is 12.0 Å². The van der Waals surface area contributed by atoms with E-state index in [1.807, 2.05) is 31.2 Å². The minimum Gasteiger partial charge on any atom is -0.271 e. The fourth-order valence-corrected chi connectivity index (χ4v) is 1.44. The van der Waals surface area contributed by atoms with Crippen LogP contribution in [0.5, 0.6) is 0 Å². The van der Waals surface area contributed by atoms with Gasteiger partial charge in [-0.15, -0.1) is 6.58 Å². The highest BCUT2D eigenvalue weighted by Crippen LogP contribution is 2.21. The molecule has 1 aromatic carbocycles. The second-order valence-corrected chi connectivity index (χ2v) is 3.87. The molecule has 0 aliphatic heterocycles. The molecular formula is C11H15ClN2. The molecule has 3 N–H and O–H groups in total. The van der Waals surface area contributed by atoms with E-state index in [1.54, 1.807) is 0 Å². The summed E-state index contributed by atoms with van der Waals surface area (Å²) >= 11 is 5.80. The highest BCUT2D eigenvalue weighted by Gasteiger charge is 2.08. The van der Waals surface area contributed by atoms with E-state index < -0.39 is 0 Å². The molecule has 0 spiro atoms. The van der Waals surface area contributed by atoms with Gasteiger partial charge >= 0.3 is 0 Å². The predicted octanol–water partition coefficient (Wildman–Crippen LogP) is 2.81.